The quantitative estimate of drug-likeness (QED) is 0.661. The van der Waals surface area contributed by atoms with Crippen LogP contribution in [0, 0.1) is 5.82 Å². The average Bonchev–Trinajstić information content (AvgIpc) is 3.09. The van der Waals surface area contributed by atoms with Crippen LogP contribution < -0.4 is 21.3 Å². The number of allylic oxidation sites excluding steroid dienone is 1. The number of thioether (sulfide) groups is 1. The molecule has 4 heterocycles. The van der Waals surface area contributed by atoms with E-state index in [1.807, 2.05) is 30.7 Å². The first-order valence-electron chi connectivity index (χ1n) is 9.93. The topological polar surface area (TPSA) is 95.2 Å². The van der Waals surface area contributed by atoms with Crippen LogP contribution in [0.3, 0.4) is 0 Å². The molecule has 0 spiro atoms. The van der Waals surface area contributed by atoms with Crippen LogP contribution in [-0.4, -0.2) is 53.1 Å². The first-order valence-corrected chi connectivity index (χ1v) is 10.8. The first kappa shape index (κ1) is 20.8. The first-order chi connectivity index (χ1) is 14.3. The van der Waals surface area contributed by atoms with Crippen molar-refractivity contribution in [2.45, 2.75) is 30.8 Å². The van der Waals surface area contributed by atoms with Crippen molar-refractivity contribution in [1.82, 2.24) is 25.2 Å². The van der Waals surface area contributed by atoms with Crippen molar-refractivity contribution >= 4 is 29.2 Å². The standard InChI is InChI=1S/C20H27FN8S/c1-13-12-30-20(22,27-13)18-16(21)11-24-19(26-18)25-17-5-4-15(10-23-17)29-8-6-14(7-9-29)28(2)3/h4-5,10-12,14,27H,6-9,22H2,1-3H3,(H,23,24,25,26). The lowest BCUT2D eigenvalue weighted by atomic mass is 10.0. The molecule has 1 unspecified atom stereocenters. The van der Waals surface area contributed by atoms with E-state index in [-0.39, 0.29) is 11.6 Å². The fourth-order valence-electron chi connectivity index (χ4n) is 3.74. The lowest BCUT2D eigenvalue weighted by Crippen LogP contribution is -2.45. The fourth-order valence-corrected chi connectivity index (χ4v) is 4.63. The molecule has 30 heavy (non-hydrogen) atoms. The Bertz CT molecular complexity index is 927. The third-order valence-electron chi connectivity index (χ3n) is 5.45. The molecular weight excluding hydrogens is 403 g/mol. The van der Waals surface area contributed by atoms with E-state index in [4.69, 9.17) is 5.73 Å². The molecule has 2 aromatic rings. The van der Waals surface area contributed by atoms with Gasteiger partial charge in [-0.05, 0) is 51.4 Å². The molecule has 0 aromatic carbocycles. The number of nitrogens with two attached hydrogens (primary N) is 1. The zero-order valence-corrected chi connectivity index (χ0v) is 18.2. The molecule has 160 valence electrons. The predicted octanol–water partition coefficient (Wildman–Crippen LogP) is 2.55. The Morgan fingerprint density at radius 1 is 1.27 bits per heavy atom. The van der Waals surface area contributed by atoms with Crippen LogP contribution in [0.15, 0.2) is 35.6 Å². The van der Waals surface area contributed by atoms with Gasteiger partial charge in [0.15, 0.2) is 10.8 Å². The third kappa shape index (κ3) is 4.35. The van der Waals surface area contributed by atoms with Crippen LogP contribution in [0.25, 0.3) is 0 Å². The number of hydrogen-bond donors (Lipinski definition) is 3. The highest BCUT2D eigenvalue weighted by atomic mass is 32.2. The van der Waals surface area contributed by atoms with Gasteiger partial charge in [0.05, 0.1) is 18.1 Å². The number of nitrogens with zero attached hydrogens (tertiary/aromatic N) is 5. The summed E-state index contributed by atoms with van der Waals surface area (Å²) in [5, 5.41) is 7.94. The van der Waals surface area contributed by atoms with Crippen LogP contribution in [-0.2, 0) is 4.99 Å². The zero-order chi connectivity index (χ0) is 21.3. The van der Waals surface area contributed by atoms with Crippen molar-refractivity contribution < 1.29 is 4.39 Å². The van der Waals surface area contributed by atoms with Crippen LogP contribution >= 0.6 is 11.8 Å². The molecule has 8 nitrogen and oxygen atoms in total. The largest absolute Gasteiger partial charge is 0.370 e. The predicted molar refractivity (Wildman–Crippen MR) is 119 cm³/mol. The zero-order valence-electron chi connectivity index (χ0n) is 17.4. The second-order valence-corrected chi connectivity index (χ2v) is 8.99. The smallest absolute Gasteiger partial charge is 0.228 e. The average molecular weight is 431 g/mol. The summed E-state index contributed by atoms with van der Waals surface area (Å²) in [6.45, 7) is 3.89. The molecule has 10 heteroatoms. The van der Waals surface area contributed by atoms with Gasteiger partial charge < -0.3 is 20.4 Å². The highest BCUT2D eigenvalue weighted by molar-refractivity contribution is 8.03. The lowest BCUT2D eigenvalue weighted by molar-refractivity contribution is 0.249. The summed E-state index contributed by atoms with van der Waals surface area (Å²) in [5.74, 6) is 0.276. The van der Waals surface area contributed by atoms with Crippen molar-refractivity contribution in [2.24, 2.45) is 5.73 Å². The second-order valence-electron chi connectivity index (χ2n) is 7.88. The van der Waals surface area contributed by atoms with Gasteiger partial charge in [-0.3, -0.25) is 5.73 Å². The number of rotatable bonds is 5. The summed E-state index contributed by atoms with van der Waals surface area (Å²) in [7, 11) is 4.27. The molecule has 4 rings (SSSR count). The number of hydrogen-bond acceptors (Lipinski definition) is 9. The van der Waals surface area contributed by atoms with Gasteiger partial charge >= 0.3 is 0 Å². The van der Waals surface area contributed by atoms with E-state index >= 15 is 0 Å². The Morgan fingerprint density at radius 2 is 2.03 bits per heavy atom. The van der Waals surface area contributed by atoms with Crippen molar-refractivity contribution in [2.75, 3.05) is 37.4 Å². The summed E-state index contributed by atoms with van der Waals surface area (Å²) in [5.41, 5.74) is 8.33. The fraction of sp³-hybridized carbons (Fsp3) is 0.450. The minimum Gasteiger partial charge on any atom is -0.370 e. The minimum atomic E-state index is -1.15. The summed E-state index contributed by atoms with van der Waals surface area (Å²) in [6, 6.07) is 4.55. The Balaban J connectivity index is 1.43. The van der Waals surface area contributed by atoms with Gasteiger partial charge in [0.1, 0.15) is 11.5 Å². The summed E-state index contributed by atoms with van der Waals surface area (Å²) >= 11 is 1.28. The second kappa shape index (κ2) is 8.37. The number of anilines is 3. The van der Waals surface area contributed by atoms with E-state index in [2.05, 4.69) is 49.5 Å². The van der Waals surface area contributed by atoms with E-state index in [0.717, 1.165) is 43.5 Å². The van der Waals surface area contributed by atoms with E-state index in [1.54, 1.807) is 0 Å². The molecule has 2 aliphatic rings. The highest BCUT2D eigenvalue weighted by Crippen LogP contribution is 2.36. The minimum absolute atomic E-state index is 0.0958. The summed E-state index contributed by atoms with van der Waals surface area (Å²) in [6.07, 6.45) is 5.24. The van der Waals surface area contributed by atoms with E-state index in [9.17, 15) is 4.39 Å². The maximum absolute atomic E-state index is 14.3. The molecule has 0 radical (unpaired) electrons. The van der Waals surface area contributed by atoms with Gasteiger partial charge in [-0.2, -0.15) is 0 Å². The van der Waals surface area contributed by atoms with Crippen LogP contribution in [0.5, 0.6) is 0 Å². The Hall–Kier alpha value is -2.43. The normalized spacial score (nSPS) is 22.2. The molecule has 0 bridgehead atoms. The van der Waals surface area contributed by atoms with Crippen LogP contribution in [0.2, 0.25) is 0 Å². The van der Waals surface area contributed by atoms with E-state index in [0.29, 0.717) is 11.9 Å². The SMILES string of the molecule is CC1=CSC(N)(c2nc(Nc3ccc(N4CCC(N(C)C)CC4)cn3)ncc2F)N1. The van der Waals surface area contributed by atoms with Gasteiger partial charge in [0.25, 0.3) is 0 Å². The Morgan fingerprint density at radius 3 is 2.63 bits per heavy atom. The van der Waals surface area contributed by atoms with Gasteiger partial charge in [0, 0.05) is 24.8 Å². The summed E-state index contributed by atoms with van der Waals surface area (Å²) in [4.78, 5) is 16.3. The number of piperidine rings is 1. The third-order valence-corrected chi connectivity index (χ3v) is 6.59. The van der Waals surface area contributed by atoms with Gasteiger partial charge in [0.2, 0.25) is 5.95 Å². The number of nitrogens with one attached hydrogen (secondary N) is 2. The highest BCUT2D eigenvalue weighted by Gasteiger charge is 2.36. The van der Waals surface area contributed by atoms with Gasteiger partial charge in [-0.15, -0.1) is 0 Å². The molecule has 2 aliphatic heterocycles. The molecular formula is C20H27FN8S. The van der Waals surface area contributed by atoms with Crippen molar-refractivity contribution in [1.29, 1.82) is 0 Å². The molecule has 1 saturated heterocycles. The van der Waals surface area contributed by atoms with Crippen molar-refractivity contribution in [3.63, 3.8) is 0 Å². The number of aromatic nitrogens is 3. The molecule has 0 saturated carbocycles. The summed E-state index contributed by atoms with van der Waals surface area (Å²) < 4.78 is 14.3. The van der Waals surface area contributed by atoms with E-state index < -0.39 is 10.8 Å². The molecule has 4 N–H and O–H groups in total. The van der Waals surface area contributed by atoms with Gasteiger partial charge in [-0.1, -0.05) is 11.8 Å². The van der Waals surface area contributed by atoms with E-state index in [1.165, 1.54) is 11.8 Å². The molecule has 2 aromatic heterocycles. The van der Waals surface area contributed by atoms with Crippen LogP contribution in [0.1, 0.15) is 25.5 Å². The maximum Gasteiger partial charge on any atom is 0.228 e. The Labute approximate surface area is 180 Å². The number of pyridine rings is 1. The maximum atomic E-state index is 14.3. The molecule has 0 amide bonds. The van der Waals surface area contributed by atoms with Crippen molar-refractivity contribution in [3.05, 3.63) is 47.1 Å². The molecule has 1 fully saturated rings. The van der Waals surface area contributed by atoms with Gasteiger partial charge in [-0.25, -0.2) is 19.3 Å². The molecule has 1 atom stereocenters. The molecule has 0 aliphatic carbocycles. The Kier molecular flexibility index (Phi) is 5.81. The monoisotopic (exact) mass is 430 g/mol. The lowest BCUT2D eigenvalue weighted by Gasteiger charge is -2.36. The van der Waals surface area contributed by atoms with Crippen LogP contribution in [0.4, 0.5) is 21.8 Å². The number of halogens is 1. The van der Waals surface area contributed by atoms with Crippen molar-refractivity contribution in [3.8, 4) is 0 Å².